The lowest BCUT2D eigenvalue weighted by Crippen LogP contribution is -2.42. The monoisotopic (exact) mass is 401 g/mol. The molecule has 152 valence electrons. The van der Waals surface area contributed by atoms with Crippen LogP contribution in [0.25, 0.3) is 10.8 Å². The highest BCUT2D eigenvalue weighted by Gasteiger charge is 2.50. The van der Waals surface area contributed by atoms with E-state index in [1.54, 1.807) is 6.92 Å². The van der Waals surface area contributed by atoms with Crippen molar-refractivity contribution in [1.29, 1.82) is 0 Å². The molecule has 0 radical (unpaired) electrons. The average Bonchev–Trinajstić information content (AvgIpc) is 2.94. The molecule has 4 rings (SSSR count). The number of amides is 4. The van der Waals surface area contributed by atoms with Crippen LogP contribution in [0, 0.1) is 13.8 Å². The van der Waals surface area contributed by atoms with Crippen molar-refractivity contribution in [2.24, 2.45) is 0 Å². The maximum Gasteiger partial charge on any atom is 0.325 e. The van der Waals surface area contributed by atoms with Crippen LogP contribution in [0.5, 0.6) is 0 Å². The van der Waals surface area contributed by atoms with Crippen LogP contribution >= 0.6 is 0 Å². The van der Waals surface area contributed by atoms with Crippen LogP contribution in [0.3, 0.4) is 0 Å². The molecule has 4 amide bonds. The highest BCUT2D eigenvalue weighted by Crippen LogP contribution is 2.33. The van der Waals surface area contributed by atoms with Gasteiger partial charge in [0.2, 0.25) is 5.91 Å². The first-order valence-corrected chi connectivity index (χ1v) is 9.79. The Labute approximate surface area is 174 Å². The predicted octanol–water partition coefficient (Wildman–Crippen LogP) is 3.86. The average molecular weight is 401 g/mol. The van der Waals surface area contributed by atoms with E-state index >= 15 is 0 Å². The zero-order valence-electron chi connectivity index (χ0n) is 17.2. The number of carbonyl (C=O) groups excluding carboxylic acids is 3. The number of aryl methyl sites for hydroxylation is 2. The molecule has 1 heterocycles. The number of benzene rings is 3. The van der Waals surface area contributed by atoms with E-state index in [0.717, 1.165) is 26.8 Å². The van der Waals surface area contributed by atoms with Gasteiger partial charge in [0.1, 0.15) is 12.1 Å². The standard InChI is InChI=1S/C24H23N3O3/c1-15-11-12-16(2)20(13-15)25-21(28)14-27-22(29)24(3,26-23(27)30)19-10-6-8-17-7-4-5-9-18(17)19/h4-13H,14H2,1-3H3,(H,25,28)(H,26,30)/t24-/m0/s1. The highest BCUT2D eigenvalue weighted by atomic mass is 16.2. The second-order valence-electron chi connectivity index (χ2n) is 7.84. The summed E-state index contributed by atoms with van der Waals surface area (Å²) in [5, 5.41) is 7.45. The van der Waals surface area contributed by atoms with Gasteiger partial charge in [0.25, 0.3) is 5.91 Å². The summed E-state index contributed by atoms with van der Waals surface area (Å²) in [6.45, 7) is 5.15. The summed E-state index contributed by atoms with van der Waals surface area (Å²) in [7, 11) is 0. The minimum atomic E-state index is -1.24. The fourth-order valence-electron chi connectivity index (χ4n) is 3.89. The summed E-state index contributed by atoms with van der Waals surface area (Å²) in [5.41, 5.74) is 2.05. The van der Waals surface area contributed by atoms with Gasteiger partial charge in [0.05, 0.1) is 0 Å². The molecule has 3 aromatic rings. The van der Waals surface area contributed by atoms with Crippen LogP contribution in [-0.2, 0) is 15.1 Å². The fourth-order valence-corrected chi connectivity index (χ4v) is 3.89. The molecule has 1 aliphatic rings. The van der Waals surface area contributed by atoms with Gasteiger partial charge in [-0.3, -0.25) is 14.5 Å². The molecule has 0 unspecified atom stereocenters. The third kappa shape index (κ3) is 3.30. The molecule has 2 N–H and O–H groups in total. The molecule has 6 heteroatoms. The Morgan fingerprint density at radius 2 is 1.77 bits per heavy atom. The summed E-state index contributed by atoms with van der Waals surface area (Å²) in [6.07, 6.45) is 0. The van der Waals surface area contributed by atoms with Gasteiger partial charge in [0, 0.05) is 5.69 Å². The summed E-state index contributed by atoms with van der Waals surface area (Å²) in [5.74, 6) is -0.866. The molecule has 0 aromatic heterocycles. The highest BCUT2D eigenvalue weighted by molar-refractivity contribution is 6.11. The molecule has 1 atom stereocenters. The Kier molecular flexibility index (Phi) is 4.78. The van der Waals surface area contributed by atoms with Gasteiger partial charge in [-0.2, -0.15) is 0 Å². The van der Waals surface area contributed by atoms with Gasteiger partial charge in [-0.1, -0.05) is 54.6 Å². The van der Waals surface area contributed by atoms with Crippen LogP contribution < -0.4 is 10.6 Å². The number of hydrogen-bond acceptors (Lipinski definition) is 3. The zero-order valence-corrected chi connectivity index (χ0v) is 17.2. The Balaban J connectivity index is 1.59. The number of nitrogens with one attached hydrogen (secondary N) is 2. The van der Waals surface area contributed by atoms with Crippen molar-refractivity contribution in [3.05, 3.63) is 77.4 Å². The number of anilines is 1. The maximum absolute atomic E-state index is 13.3. The molecule has 0 spiro atoms. The third-order valence-corrected chi connectivity index (χ3v) is 5.57. The van der Waals surface area contributed by atoms with E-state index in [9.17, 15) is 14.4 Å². The molecule has 3 aromatic carbocycles. The zero-order chi connectivity index (χ0) is 21.5. The normalized spacial score (nSPS) is 18.6. The maximum atomic E-state index is 13.3. The molecular weight excluding hydrogens is 378 g/mol. The van der Waals surface area contributed by atoms with Gasteiger partial charge in [-0.25, -0.2) is 4.79 Å². The Morgan fingerprint density at radius 3 is 2.57 bits per heavy atom. The Hall–Kier alpha value is -3.67. The summed E-state index contributed by atoms with van der Waals surface area (Å²) in [4.78, 5) is 39.5. The lowest BCUT2D eigenvalue weighted by Gasteiger charge is -2.24. The first-order valence-electron chi connectivity index (χ1n) is 9.79. The van der Waals surface area contributed by atoms with Gasteiger partial charge >= 0.3 is 6.03 Å². The van der Waals surface area contributed by atoms with Crippen LogP contribution in [0.15, 0.2) is 60.7 Å². The first-order chi connectivity index (χ1) is 14.3. The van der Waals surface area contributed by atoms with Crippen molar-refractivity contribution in [3.63, 3.8) is 0 Å². The largest absolute Gasteiger partial charge is 0.325 e. The van der Waals surface area contributed by atoms with Crippen molar-refractivity contribution in [1.82, 2.24) is 10.2 Å². The van der Waals surface area contributed by atoms with Gasteiger partial charge < -0.3 is 10.6 Å². The quantitative estimate of drug-likeness (QED) is 0.652. The smallest absolute Gasteiger partial charge is 0.324 e. The number of fused-ring (bicyclic) bond motifs is 1. The summed E-state index contributed by atoms with van der Waals surface area (Å²) in [6, 6.07) is 18.5. The van der Waals surface area contributed by atoms with E-state index in [0.29, 0.717) is 11.3 Å². The Bertz CT molecular complexity index is 1180. The Morgan fingerprint density at radius 1 is 1.03 bits per heavy atom. The van der Waals surface area contributed by atoms with Gasteiger partial charge in [-0.05, 0) is 54.3 Å². The summed E-state index contributed by atoms with van der Waals surface area (Å²) < 4.78 is 0. The number of imide groups is 1. The lowest BCUT2D eigenvalue weighted by molar-refractivity contribution is -0.133. The SMILES string of the molecule is Cc1ccc(C)c(NC(=O)CN2C(=O)N[C@@](C)(c3cccc4ccccc34)C2=O)c1. The van der Waals surface area contributed by atoms with Gasteiger partial charge in [-0.15, -0.1) is 0 Å². The third-order valence-electron chi connectivity index (χ3n) is 5.57. The van der Waals surface area contributed by atoms with E-state index in [4.69, 9.17) is 0 Å². The van der Waals surface area contributed by atoms with Crippen LogP contribution in [0.1, 0.15) is 23.6 Å². The minimum Gasteiger partial charge on any atom is -0.324 e. The van der Waals surface area contributed by atoms with Crippen molar-refractivity contribution in [2.45, 2.75) is 26.3 Å². The molecular formula is C24H23N3O3. The van der Waals surface area contributed by atoms with E-state index in [2.05, 4.69) is 10.6 Å². The lowest BCUT2D eigenvalue weighted by atomic mass is 9.88. The van der Waals surface area contributed by atoms with E-state index in [-0.39, 0.29) is 6.54 Å². The number of rotatable bonds is 4. The second-order valence-corrected chi connectivity index (χ2v) is 7.84. The van der Waals surface area contributed by atoms with E-state index < -0.39 is 23.4 Å². The molecule has 1 aliphatic heterocycles. The van der Waals surface area contributed by atoms with Crippen molar-refractivity contribution >= 4 is 34.3 Å². The molecule has 1 fully saturated rings. The van der Waals surface area contributed by atoms with E-state index in [1.807, 2.05) is 74.5 Å². The van der Waals surface area contributed by atoms with Crippen molar-refractivity contribution < 1.29 is 14.4 Å². The van der Waals surface area contributed by atoms with Crippen molar-refractivity contribution in [2.75, 3.05) is 11.9 Å². The fraction of sp³-hybridized carbons (Fsp3) is 0.208. The topological polar surface area (TPSA) is 78.5 Å². The second kappa shape index (κ2) is 7.30. The van der Waals surface area contributed by atoms with Crippen LogP contribution in [0.2, 0.25) is 0 Å². The molecule has 30 heavy (non-hydrogen) atoms. The number of hydrogen-bond donors (Lipinski definition) is 2. The first kappa shape index (κ1) is 19.6. The number of carbonyl (C=O) groups is 3. The number of urea groups is 1. The van der Waals surface area contributed by atoms with Gasteiger partial charge in [0.15, 0.2) is 0 Å². The predicted molar refractivity (Wildman–Crippen MR) is 116 cm³/mol. The van der Waals surface area contributed by atoms with Crippen LogP contribution in [-0.4, -0.2) is 29.3 Å². The number of nitrogens with zero attached hydrogens (tertiary/aromatic N) is 1. The molecule has 1 saturated heterocycles. The molecule has 0 saturated carbocycles. The molecule has 0 bridgehead atoms. The van der Waals surface area contributed by atoms with Crippen LogP contribution in [0.4, 0.5) is 10.5 Å². The summed E-state index contributed by atoms with van der Waals surface area (Å²) >= 11 is 0. The minimum absolute atomic E-state index is 0.349. The molecule has 0 aliphatic carbocycles. The molecule has 6 nitrogen and oxygen atoms in total. The van der Waals surface area contributed by atoms with Crippen molar-refractivity contribution in [3.8, 4) is 0 Å². The van der Waals surface area contributed by atoms with E-state index in [1.165, 1.54) is 0 Å².